The van der Waals surface area contributed by atoms with Crippen LogP contribution in [0.25, 0.3) is 0 Å². The molecule has 0 heterocycles. The van der Waals surface area contributed by atoms with Crippen molar-refractivity contribution in [1.82, 2.24) is 0 Å². The normalized spacial score (nSPS) is 36.1. The summed E-state index contributed by atoms with van der Waals surface area (Å²) in [5.41, 5.74) is -0.0248. The lowest BCUT2D eigenvalue weighted by atomic mass is 9.71. The number of hydrogen-bond donors (Lipinski definition) is 2. The first-order valence-corrected chi connectivity index (χ1v) is 4.10. The van der Waals surface area contributed by atoms with Gasteiger partial charge in [-0.1, -0.05) is 12.5 Å². The smallest absolute Gasteiger partial charge is 0.0935 e. The second-order valence-corrected chi connectivity index (χ2v) is 3.37. The number of terminal acetylenes is 1. The van der Waals surface area contributed by atoms with Gasteiger partial charge in [-0.05, 0) is 24.8 Å². The third kappa shape index (κ3) is 1.26. The fourth-order valence-electron chi connectivity index (χ4n) is 1.66. The number of hydrogen-bond acceptors (Lipinski definition) is 2. The molecule has 0 saturated heterocycles. The zero-order valence-corrected chi connectivity index (χ0v) is 7.08. The monoisotopic (exact) mass is 166 g/mol. The molecule has 0 spiro atoms. The second kappa shape index (κ2) is 3.30. The van der Waals surface area contributed by atoms with Crippen LogP contribution in [0.3, 0.4) is 0 Å². The molecule has 1 saturated carbocycles. The minimum absolute atomic E-state index is 0.163. The predicted molar refractivity (Wildman–Crippen MR) is 47.3 cm³/mol. The van der Waals surface area contributed by atoms with Gasteiger partial charge in [0.25, 0.3) is 0 Å². The third-order valence-electron chi connectivity index (χ3n) is 2.60. The van der Waals surface area contributed by atoms with Crippen molar-refractivity contribution in [1.29, 1.82) is 0 Å². The first-order valence-electron chi connectivity index (χ1n) is 4.10. The third-order valence-corrected chi connectivity index (χ3v) is 2.60. The fraction of sp³-hybridized carbons (Fsp3) is 0.600. The van der Waals surface area contributed by atoms with Gasteiger partial charge in [0.2, 0.25) is 0 Å². The first kappa shape index (κ1) is 9.31. The molecule has 12 heavy (non-hydrogen) atoms. The molecule has 0 aliphatic heterocycles. The molecule has 2 heteroatoms. The molecule has 0 aromatic heterocycles. The number of rotatable bonds is 1. The highest BCUT2D eigenvalue weighted by molar-refractivity contribution is 5.22. The first-order chi connectivity index (χ1) is 5.66. The van der Waals surface area contributed by atoms with E-state index >= 15 is 0 Å². The Hall–Kier alpha value is -0.780. The molecule has 2 N–H and O–H groups in total. The quantitative estimate of drug-likeness (QED) is 0.444. The molecule has 0 aromatic carbocycles. The molecule has 1 aliphatic rings. The number of aliphatic hydroxyl groups excluding tert-OH is 2. The summed E-state index contributed by atoms with van der Waals surface area (Å²) in [5, 5.41) is 18.8. The lowest BCUT2D eigenvalue weighted by Gasteiger charge is -2.36. The van der Waals surface area contributed by atoms with Gasteiger partial charge in [0.05, 0.1) is 18.1 Å². The van der Waals surface area contributed by atoms with Gasteiger partial charge in [0.15, 0.2) is 0 Å². The highest BCUT2D eigenvalue weighted by Crippen LogP contribution is 2.37. The van der Waals surface area contributed by atoms with Gasteiger partial charge in [-0.2, -0.15) is 0 Å². The van der Waals surface area contributed by atoms with E-state index in [-0.39, 0.29) is 6.61 Å². The van der Waals surface area contributed by atoms with Crippen LogP contribution in [0.15, 0.2) is 12.2 Å². The van der Waals surface area contributed by atoms with E-state index in [1.165, 1.54) is 0 Å². The van der Waals surface area contributed by atoms with Crippen LogP contribution < -0.4 is 0 Å². The molecule has 0 unspecified atom stereocenters. The van der Waals surface area contributed by atoms with E-state index in [1.807, 2.05) is 0 Å². The van der Waals surface area contributed by atoms with Gasteiger partial charge in [-0.3, -0.25) is 0 Å². The van der Waals surface area contributed by atoms with E-state index in [1.54, 1.807) is 0 Å². The molecule has 2 nitrogen and oxygen atoms in total. The SMILES string of the molecule is C#C[C@]1(CO)CCCC(=C)[C@H]1O. The maximum atomic E-state index is 9.69. The summed E-state index contributed by atoms with van der Waals surface area (Å²) in [6, 6.07) is 0. The largest absolute Gasteiger partial charge is 0.395 e. The van der Waals surface area contributed by atoms with Crippen LogP contribution in [0, 0.1) is 17.8 Å². The van der Waals surface area contributed by atoms with Gasteiger partial charge in [-0.25, -0.2) is 0 Å². The molecular weight excluding hydrogens is 152 g/mol. The van der Waals surface area contributed by atoms with Crippen molar-refractivity contribution < 1.29 is 10.2 Å². The van der Waals surface area contributed by atoms with Crippen molar-refractivity contribution in [2.24, 2.45) is 5.41 Å². The van der Waals surface area contributed by atoms with Crippen LogP contribution in [0.4, 0.5) is 0 Å². The molecule has 0 aromatic rings. The Kier molecular flexibility index (Phi) is 2.56. The Bertz CT molecular complexity index is 226. The molecule has 1 aliphatic carbocycles. The average Bonchev–Trinajstić information content (AvgIpc) is 2.11. The van der Waals surface area contributed by atoms with Crippen LogP contribution in [0.2, 0.25) is 0 Å². The highest BCUT2D eigenvalue weighted by Gasteiger charge is 2.39. The lowest BCUT2D eigenvalue weighted by molar-refractivity contribution is 0.0243. The summed E-state index contributed by atoms with van der Waals surface area (Å²) >= 11 is 0. The zero-order chi connectivity index (χ0) is 9.19. The summed E-state index contributed by atoms with van der Waals surface area (Å²) in [4.78, 5) is 0. The van der Waals surface area contributed by atoms with Crippen LogP contribution in [-0.2, 0) is 0 Å². The maximum absolute atomic E-state index is 9.69. The predicted octanol–water partition coefficient (Wildman–Crippen LogP) is 0.699. The summed E-state index contributed by atoms with van der Waals surface area (Å²) in [6.07, 6.45) is 6.95. The molecule has 1 rings (SSSR count). The summed E-state index contributed by atoms with van der Waals surface area (Å²) < 4.78 is 0. The topological polar surface area (TPSA) is 40.5 Å². The average molecular weight is 166 g/mol. The van der Waals surface area contributed by atoms with E-state index in [2.05, 4.69) is 12.5 Å². The standard InChI is InChI=1S/C10H14O2/c1-3-10(7-11)6-4-5-8(2)9(10)12/h1,9,11-12H,2,4-7H2/t9-,10-/m1/s1. The maximum Gasteiger partial charge on any atom is 0.0935 e. The van der Waals surface area contributed by atoms with Gasteiger partial charge in [-0.15, -0.1) is 6.42 Å². The molecule has 1 fully saturated rings. The van der Waals surface area contributed by atoms with E-state index in [0.29, 0.717) is 6.42 Å². The van der Waals surface area contributed by atoms with Crippen molar-refractivity contribution in [2.45, 2.75) is 25.4 Å². The summed E-state index contributed by atoms with van der Waals surface area (Å²) in [5.74, 6) is 2.49. The molecule has 0 bridgehead atoms. The van der Waals surface area contributed by atoms with Crippen LogP contribution >= 0.6 is 0 Å². The molecule has 0 amide bonds. The van der Waals surface area contributed by atoms with Crippen molar-refractivity contribution in [2.75, 3.05) is 6.61 Å². The fourth-order valence-corrected chi connectivity index (χ4v) is 1.66. The molecule has 0 radical (unpaired) electrons. The van der Waals surface area contributed by atoms with Crippen LogP contribution in [0.5, 0.6) is 0 Å². The minimum atomic E-state index is -0.769. The summed E-state index contributed by atoms with van der Waals surface area (Å²) in [7, 11) is 0. The van der Waals surface area contributed by atoms with Gasteiger partial charge in [0.1, 0.15) is 0 Å². The Balaban J connectivity index is 2.88. The highest BCUT2D eigenvalue weighted by atomic mass is 16.3. The van der Waals surface area contributed by atoms with Gasteiger partial charge in [0, 0.05) is 0 Å². The molecule has 2 atom stereocenters. The van der Waals surface area contributed by atoms with Crippen molar-refractivity contribution in [3.8, 4) is 12.3 Å². The van der Waals surface area contributed by atoms with Crippen molar-refractivity contribution >= 4 is 0 Å². The second-order valence-electron chi connectivity index (χ2n) is 3.37. The Labute approximate surface area is 72.9 Å². The van der Waals surface area contributed by atoms with Gasteiger partial charge < -0.3 is 10.2 Å². The summed E-state index contributed by atoms with van der Waals surface area (Å²) in [6.45, 7) is 3.57. The van der Waals surface area contributed by atoms with E-state index in [4.69, 9.17) is 11.5 Å². The number of aliphatic hydroxyl groups is 2. The Morgan fingerprint density at radius 3 is 2.83 bits per heavy atom. The van der Waals surface area contributed by atoms with E-state index < -0.39 is 11.5 Å². The van der Waals surface area contributed by atoms with E-state index in [9.17, 15) is 5.11 Å². The lowest BCUT2D eigenvalue weighted by Crippen LogP contribution is -2.41. The zero-order valence-electron chi connectivity index (χ0n) is 7.08. The molecule has 66 valence electrons. The Morgan fingerprint density at radius 2 is 2.42 bits per heavy atom. The minimum Gasteiger partial charge on any atom is -0.395 e. The van der Waals surface area contributed by atoms with Crippen molar-refractivity contribution in [3.05, 3.63) is 12.2 Å². The Morgan fingerprint density at radius 1 is 1.75 bits per heavy atom. The van der Waals surface area contributed by atoms with Crippen LogP contribution in [-0.4, -0.2) is 22.9 Å². The van der Waals surface area contributed by atoms with Gasteiger partial charge >= 0.3 is 0 Å². The van der Waals surface area contributed by atoms with Crippen LogP contribution in [0.1, 0.15) is 19.3 Å². The van der Waals surface area contributed by atoms with E-state index in [0.717, 1.165) is 18.4 Å². The van der Waals surface area contributed by atoms with Crippen molar-refractivity contribution in [3.63, 3.8) is 0 Å². The molecular formula is C10H14O2.